The number of rotatable bonds is 4. The molecule has 0 radical (unpaired) electrons. The van der Waals surface area contributed by atoms with Gasteiger partial charge in [0, 0.05) is 18.5 Å². The Bertz CT molecular complexity index is 838. The number of ether oxygens (including phenoxy) is 2. The van der Waals surface area contributed by atoms with Gasteiger partial charge in [-0.1, -0.05) is 0 Å². The Labute approximate surface area is 135 Å². The van der Waals surface area contributed by atoms with Gasteiger partial charge in [-0.3, -0.25) is 0 Å². The van der Waals surface area contributed by atoms with E-state index in [9.17, 15) is 8.42 Å². The Morgan fingerprint density at radius 1 is 1.22 bits per heavy atom. The van der Waals surface area contributed by atoms with E-state index >= 15 is 0 Å². The number of hydrogen-bond acceptors (Lipinski definition) is 7. The van der Waals surface area contributed by atoms with Crippen LogP contribution in [0.3, 0.4) is 0 Å². The summed E-state index contributed by atoms with van der Waals surface area (Å²) in [7, 11) is 2.04. The summed E-state index contributed by atoms with van der Waals surface area (Å²) in [6.45, 7) is 0. The van der Waals surface area contributed by atoms with Crippen LogP contribution in [0.25, 0.3) is 10.9 Å². The quantitative estimate of drug-likeness (QED) is 0.831. The fourth-order valence-electron chi connectivity index (χ4n) is 2.96. The molecule has 1 aliphatic heterocycles. The molecule has 23 heavy (non-hydrogen) atoms. The van der Waals surface area contributed by atoms with Crippen molar-refractivity contribution in [2.75, 3.05) is 37.7 Å². The van der Waals surface area contributed by atoms with Gasteiger partial charge < -0.3 is 14.4 Å². The predicted molar refractivity (Wildman–Crippen MR) is 88.1 cm³/mol. The number of fused-ring (bicyclic) bond motifs is 1. The van der Waals surface area contributed by atoms with Crippen LogP contribution in [0, 0.1) is 0 Å². The number of anilines is 1. The van der Waals surface area contributed by atoms with Gasteiger partial charge in [0.15, 0.2) is 21.3 Å². The molecule has 2 heterocycles. The molecular weight excluding hydrogens is 318 g/mol. The molecule has 0 spiro atoms. The second kappa shape index (κ2) is 5.84. The Kier molecular flexibility index (Phi) is 4.01. The molecule has 8 heteroatoms. The molecule has 1 unspecified atom stereocenters. The Balaban J connectivity index is 2.08. The SMILES string of the molecule is COc1ccc2c(N(C)C3CCS(=O)(=O)C3)ncnc2c1OC. The monoisotopic (exact) mass is 337 g/mol. The lowest BCUT2D eigenvalue weighted by atomic mass is 10.1. The largest absolute Gasteiger partial charge is 0.493 e. The van der Waals surface area contributed by atoms with Crippen LogP contribution in [0.1, 0.15) is 6.42 Å². The zero-order chi connectivity index (χ0) is 16.6. The molecule has 0 bridgehead atoms. The van der Waals surface area contributed by atoms with E-state index in [1.54, 1.807) is 20.3 Å². The first-order valence-electron chi connectivity index (χ1n) is 7.26. The van der Waals surface area contributed by atoms with Crippen LogP contribution in [-0.4, -0.2) is 57.2 Å². The molecule has 0 saturated carbocycles. The molecule has 0 amide bonds. The molecule has 2 aromatic rings. The zero-order valence-electron chi connectivity index (χ0n) is 13.3. The van der Waals surface area contributed by atoms with Crippen LogP contribution in [0.4, 0.5) is 5.82 Å². The van der Waals surface area contributed by atoms with E-state index in [0.717, 1.165) is 5.39 Å². The summed E-state index contributed by atoms with van der Waals surface area (Å²) in [4.78, 5) is 10.6. The summed E-state index contributed by atoms with van der Waals surface area (Å²) in [5, 5.41) is 0.803. The van der Waals surface area contributed by atoms with Crippen molar-refractivity contribution in [3.05, 3.63) is 18.5 Å². The third-order valence-corrected chi connectivity index (χ3v) is 5.97. The predicted octanol–water partition coefficient (Wildman–Crippen LogP) is 1.27. The van der Waals surface area contributed by atoms with E-state index in [1.807, 2.05) is 18.0 Å². The maximum Gasteiger partial charge on any atom is 0.187 e. The van der Waals surface area contributed by atoms with Crippen LogP contribution in [-0.2, 0) is 9.84 Å². The lowest BCUT2D eigenvalue weighted by molar-refractivity contribution is 0.358. The molecular formula is C15H19N3O4S. The number of methoxy groups -OCH3 is 2. The van der Waals surface area contributed by atoms with E-state index in [0.29, 0.717) is 29.3 Å². The fraction of sp³-hybridized carbons (Fsp3) is 0.467. The normalized spacial score (nSPS) is 19.7. The maximum atomic E-state index is 11.7. The van der Waals surface area contributed by atoms with Crippen LogP contribution in [0.15, 0.2) is 18.5 Å². The van der Waals surface area contributed by atoms with Crippen LogP contribution >= 0.6 is 0 Å². The van der Waals surface area contributed by atoms with Crippen molar-refractivity contribution < 1.29 is 17.9 Å². The number of sulfone groups is 1. The minimum atomic E-state index is -2.96. The highest BCUT2D eigenvalue weighted by Gasteiger charge is 2.32. The first-order valence-corrected chi connectivity index (χ1v) is 9.08. The third-order valence-electron chi connectivity index (χ3n) is 4.22. The molecule has 0 aliphatic carbocycles. The standard InChI is InChI=1S/C15H19N3O4S/c1-18(10-6-7-23(19,20)8-10)15-11-4-5-12(21-2)14(22-3)13(11)16-9-17-15/h4-5,9-10H,6-8H2,1-3H3. The van der Waals surface area contributed by atoms with Crippen molar-refractivity contribution in [2.45, 2.75) is 12.5 Å². The molecule has 1 aromatic heterocycles. The van der Waals surface area contributed by atoms with Crippen molar-refractivity contribution in [3.8, 4) is 11.5 Å². The highest BCUT2D eigenvalue weighted by atomic mass is 32.2. The lowest BCUT2D eigenvalue weighted by Gasteiger charge is -2.25. The van der Waals surface area contributed by atoms with E-state index in [-0.39, 0.29) is 17.5 Å². The van der Waals surface area contributed by atoms with E-state index in [2.05, 4.69) is 9.97 Å². The van der Waals surface area contributed by atoms with Gasteiger partial charge >= 0.3 is 0 Å². The van der Waals surface area contributed by atoms with E-state index < -0.39 is 9.84 Å². The van der Waals surface area contributed by atoms with E-state index in [1.165, 1.54) is 6.33 Å². The van der Waals surface area contributed by atoms with Crippen molar-refractivity contribution in [1.29, 1.82) is 0 Å². The second-order valence-electron chi connectivity index (χ2n) is 5.56. The Morgan fingerprint density at radius 2 is 2.00 bits per heavy atom. The number of nitrogens with zero attached hydrogens (tertiary/aromatic N) is 3. The minimum absolute atomic E-state index is 0.0776. The summed E-state index contributed by atoms with van der Waals surface area (Å²) in [5.41, 5.74) is 0.643. The van der Waals surface area contributed by atoms with E-state index in [4.69, 9.17) is 9.47 Å². The first-order chi connectivity index (χ1) is 11.0. The highest BCUT2D eigenvalue weighted by Crippen LogP contribution is 2.37. The number of hydrogen-bond donors (Lipinski definition) is 0. The molecule has 3 rings (SSSR count). The molecule has 7 nitrogen and oxygen atoms in total. The summed E-state index contributed by atoms with van der Waals surface area (Å²) in [5.74, 6) is 2.21. The van der Waals surface area contributed by atoms with Crippen molar-refractivity contribution in [3.63, 3.8) is 0 Å². The summed E-state index contributed by atoms with van der Waals surface area (Å²) >= 11 is 0. The lowest BCUT2D eigenvalue weighted by Crippen LogP contribution is -2.33. The molecule has 0 N–H and O–H groups in total. The molecule has 1 aliphatic rings. The number of aromatic nitrogens is 2. The summed E-state index contributed by atoms with van der Waals surface area (Å²) in [6, 6.07) is 3.59. The van der Waals surface area contributed by atoms with Gasteiger partial charge in [-0.05, 0) is 18.6 Å². The first kappa shape index (κ1) is 15.8. The highest BCUT2D eigenvalue weighted by molar-refractivity contribution is 7.91. The summed E-state index contributed by atoms with van der Waals surface area (Å²) in [6.07, 6.45) is 2.07. The maximum absolute atomic E-state index is 11.7. The van der Waals surface area contributed by atoms with Gasteiger partial charge in [0.2, 0.25) is 0 Å². The zero-order valence-corrected chi connectivity index (χ0v) is 14.1. The average molecular weight is 337 g/mol. The van der Waals surface area contributed by atoms with Crippen LogP contribution in [0.2, 0.25) is 0 Å². The Hall–Kier alpha value is -2.09. The van der Waals surface area contributed by atoms with Crippen LogP contribution in [0.5, 0.6) is 11.5 Å². The van der Waals surface area contributed by atoms with Gasteiger partial charge in [-0.15, -0.1) is 0 Å². The van der Waals surface area contributed by atoms with Gasteiger partial charge in [-0.25, -0.2) is 18.4 Å². The smallest absolute Gasteiger partial charge is 0.187 e. The third kappa shape index (κ3) is 2.78. The van der Waals surface area contributed by atoms with Crippen molar-refractivity contribution in [1.82, 2.24) is 9.97 Å². The van der Waals surface area contributed by atoms with Gasteiger partial charge in [0.1, 0.15) is 17.7 Å². The Morgan fingerprint density at radius 3 is 2.61 bits per heavy atom. The second-order valence-corrected chi connectivity index (χ2v) is 7.79. The molecule has 1 fully saturated rings. The molecule has 124 valence electrons. The molecule has 1 saturated heterocycles. The van der Waals surface area contributed by atoms with Gasteiger partial charge in [0.05, 0.1) is 25.7 Å². The van der Waals surface area contributed by atoms with Gasteiger partial charge in [0.25, 0.3) is 0 Å². The molecule has 1 atom stereocenters. The molecule has 1 aromatic carbocycles. The van der Waals surface area contributed by atoms with Gasteiger partial charge in [-0.2, -0.15) is 0 Å². The summed E-state index contributed by atoms with van der Waals surface area (Å²) < 4.78 is 34.2. The van der Waals surface area contributed by atoms with Crippen molar-refractivity contribution in [2.24, 2.45) is 0 Å². The van der Waals surface area contributed by atoms with Crippen molar-refractivity contribution >= 4 is 26.6 Å². The number of benzene rings is 1. The average Bonchev–Trinajstić information content (AvgIpc) is 2.92. The topological polar surface area (TPSA) is 81.6 Å². The van der Waals surface area contributed by atoms with Crippen LogP contribution < -0.4 is 14.4 Å². The minimum Gasteiger partial charge on any atom is -0.493 e. The fourth-order valence-corrected chi connectivity index (χ4v) is 4.74.